The van der Waals surface area contributed by atoms with Crippen LogP contribution in [0.15, 0.2) is 47.1 Å². The van der Waals surface area contributed by atoms with Crippen molar-refractivity contribution >= 4 is 11.6 Å². The fourth-order valence-electron chi connectivity index (χ4n) is 7.13. The molecule has 8 heteroatoms. The third-order valence-corrected chi connectivity index (χ3v) is 10.0. The summed E-state index contributed by atoms with van der Waals surface area (Å²) in [4.78, 5) is 25.4. The van der Waals surface area contributed by atoms with Crippen LogP contribution in [0.2, 0.25) is 0 Å². The van der Waals surface area contributed by atoms with E-state index >= 15 is 0 Å². The standard InChI is InChI=1S/C32H38N4O4/c1-38-27-20-25(7-16-33-27)24-3-2-4-26(19-24)36(29(37)23-8-17-39-18-9-23)21-31-10-13-32(14-11-31,15-12-31)30-34-28(35-40-30)22-5-6-22/h2-4,7,16,19-20,22-23H,5-6,8-15,17-18,21H2,1H3. The van der Waals surface area contributed by atoms with Gasteiger partial charge in [0.2, 0.25) is 17.7 Å². The summed E-state index contributed by atoms with van der Waals surface area (Å²) in [6.07, 6.45) is 12.1. The van der Waals surface area contributed by atoms with E-state index in [2.05, 4.69) is 39.3 Å². The molecule has 3 heterocycles. The van der Waals surface area contributed by atoms with Crippen molar-refractivity contribution in [3.8, 4) is 17.0 Å². The minimum atomic E-state index is 0.000311. The van der Waals surface area contributed by atoms with E-state index in [9.17, 15) is 4.79 Å². The summed E-state index contributed by atoms with van der Waals surface area (Å²) in [6, 6.07) is 12.3. The Morgan fingerprint density at radius 3 is 2.48 bits per heavy atom. The molecular formula is C32H38N4O4. The second-order valence-electron chi connectivity index (χ2n) is 12.5. The maximum atomic E-state index is 14.2. The second kappa shape index (κ2) is 10.3. The molecule has 3 aromatic rings. The summed E-state index contributed by atoms with van der Waals surface area (Å²) < 4.78 is 16.8. The zero-order valence-electron chi connectivity index (χ0n) is 23.3. The molecule has 0 atom stereocenters. The van der Waals surface area contributed by atoms with Crippen LogP contribution in [0.5, 0.6) is 5.88 Å². The molecule has 2 aromatic heterocycles. The van der Waals surface area contributed by atoms with Crippen LogP contribution in [0.4, 0.5) is 5.69 Å². The first-order valence-corrected chi connectivity index (χ1v) is 14.9. The van der Waals surface area contributed by atoms with Gasteiger partial charge < -0.3 is 18.9 Å². The lowest BCUT2D eigenvalue weighted by molar-refractivity contribution is -0.126. The van der Waals surface area contributed by atoms with E-state index in [4.69, 9.17) is 19.0 Å². The largest absolute Gasteiger partial charge is 0.481 e. The minimum Gasteiger partial charge on any atom is -0.481 e. The summed E-state index contributed by atoms with van der Waals surface area (Å²) >= 11 is 0. The van der Waals surface area contributed by atoms with Crippen molar-refractivity contribution in [2.45, 2.75) is 75.5 Å². The van der Waals surface area contributed by atoms with Crippen LogP contribution >= 0.6 is 0 Å². The number of nitrogens with zero attached hydrogens (tertiary/aromatic N) is 4. The Bertz CT molecular complexity index is 1350. The monoisotopic (exact) mass is 542 g/mol. The highest BCUT2D eigenvalue weighted by atomic mass is 16.5. The minimum absolute atomic E-state index is 0.000311. The maximum absolute atomic E-state index is 14.2. The van der Waals surface area contributed by atoms with E-state index in [-0.39, 0.29) is 22.7 Å². The molecule has 4 saturated carbocycles. The molecule has 1 aliphatic heterocycles. The Labute approximate surface area is 235 Å². The highest BCUT2D eigenvalue weighted by molar-refractivity contribution is 5.96. The lowest BCUT2D eigenvalue weighted by atomic mass is 9.53. The van der Waals surface area contributed by atoms with Crippen molar-refractivity contribution in [1.29, 1.82) is 0 Å². The van der Waals surface area contributed by atoms with Crippen LogP contribution in [0.25, 0.3) is 11.1 Å². The maximum Gasteiger partial charge on any atom is 0.232 e. The fraction of sp³-hybridized carbons (Fsp3) is 0.562. The summed E-state index contributed by atoms with van der Waals surface area (Å²) in [6.45, 7) is 2.06. The average Bonchev–Trinajstić information content (AvgIpc) is 3.76. The molecule has 0 spiro atoms. The molecule has 5 fully saturated rings. The highest BCUT2D eigenvalue weighted by Gasteiger charge is 2.53. The first-order valence-electron chi connectivity index (χ1n) is 14.9. The Morgan fingerprint density at radius 1 is 1.00 bits per heavy atom. The lowest BCUT2D eigenvalue weighted by Crippen LogP contribution is -2.52. The van der Waals surface area contributed by atoms with Crippen LogP contribution in [-0.2, 0) is 14.9 Å². The lowest BCUT2D eigenvalue weighted by Gasteiger charge is -2.53. The van der Waals surface area contributed by atoms with Crippen LogP contribution in [0.3, 0.4) is 0 Å². The van der Waals surface area contributed by atoms with Gasteiger partial charge in [0.05, 0.1) is 7.11 Å². The van der Waals surface area contributed by atoms with Crippen molar-refractivity contribution < 1.29 is 18.8 Å². The Kier molecular flexibility index (Phi) is 6.61. The predicted molar refractivity (Wildman–Crippen MR) is 150 cm³/mol. The molecule has 0 unspecified atom stereocenters. The number of rotatable bonds is 8. The van der Waals surface area contributed by atoms with Gasteiger partial charge in [0, 0.05) is 55.0 Å². The van der Waals surface area contributed by atoms with Crippen LogP contribution in [0.1, 0.15) is 81.8 Å². The molecule has 8 nitrogen and oxygen atoms in total. The van der Waals surface area contributed by atoms with Gasteiger partial charge in [-0.05, 0) is 98.9 Å². The smallest absolute Gasteiger partial charge is 0.232 e. The molecule has 4 aliphatic carbocycles. The zero-order chi connectivity index (χ0) is 27.2. The van der Waals surface area contributed by atoms with Crippen molar-refractivity contribution in [2.75, 3.05) is 31.8 Å². The summed E-state index contributed by atoms with van der Waals surface area (Å²) in [5.41, 5.74) is 3.16. The number of fused-ring (bicyclic) bond motifs is 3. The van der Waals surface area contributed by atoms with Gasteiger partial charge in [-0.1, -0.05) is 17.3 Å². The van der Waals surface area contributed by atoms with E-state index in [1.807, 2.05) is 12.1 Å². The van der Waals surface area contributed by atoms with Crippen LogP contribution < -0.4 is 9.64 Å². The van der Waals surface area contributed by atoms with E-state index in [0.717, 1.165) is 86.4 Å². The van der Waals surface area contributed by atoms with Gasteiger partial charge in [0.25, 0.3) is 0 Å². The Balaban J connectivity index is 1.15. The average molecular weight is 543 g/mol. The highest BCUT2D eigenvalue weighted by Crippen LogP contribution is 2.58. The van der Waals surface area contributed by atoms with Crippen molar-refractivity contribution in [1.82, 2.24) is 15.1 Å². The number of anilines is 1. The van der Waals surface area contributed by atoms with E-state index < -0.39 is 0 Å². The third-order valence-electron chi connectivity index (χ3n) is 10.0. The summed E-state index contributed by atoms with van der Waals surface area (Å²) in [5, 5.41) is 4.33. The Hall–Kier alpha value is -3.26. The fourth-order valence-corrected chi connectivity index (χ4v) is 7.13. The summed E-state index contributed by atoms with van der Waals surface area (Å²) in [7, 11) is 1.63. The molecule has 210 valence electrons. The molecule has 2 bridgehead atoms. The normalized spacial score (nSPS) is 26.5. The Morgan fingerprint density at radius 2 is 1.75 bits per heavy atom. The van der Waals surface area contributed by atoms with Gasteiger partial charge in [-0.15, -0.1) is 0 Å². The van der Waals surface area contributed by atoms with Crippen molar-refractivity contribution in [2.24, 2.45) is 11.3 Å². The van der Waals surface area contributed by atoms with Crippen molar-refractivity contribution in [3.63, 3.8) is 0 Å². The number of ether oxygens (including phenoxy) is 2. The third kappa shape index (κ3) is 4.80. The molecule has 5 aliphatic rings. The molecule has 1 aromatic carbocycles. The number of hydrogen-bond acceptors (Lipinski definition) is 7. The van der Waals surface area contributed by atoms with E-state index in [1.165, 1.54) is 12.8 Å². The summed E-state index contributed by atoms with van der Waals surface area (Å²) in [5.74, 6) is 3.09. The van der Waals surface area contributed by atoms with Gasteiger partial charge >= 0.3 is 0 Å². The predicted octanol–water partition coefficient (Wildman–Crippen LogP) is 6.07. The number of aromatic nitrogens is 3. The van der Waals surface area contributed by atoms with E-state index in [1.54, 1.807) is 13.3 Å². The number of methoxy groups -OCH3 is 1. The number of benzene rings is 1. The molecule has 1 saturated heterocycles. The number of hydrogen-bond donors (Lipinski definition) is 0. The first-order chi connectivity index (χ1) is 19.6. The van der Waals surface area contributed by atoms with Gasteiger partial charge in [-0.2, -0.15) is 4.98 Å². The molecule has 0 N–H and O–H groups in total. The van der Waals surface area contributed by atoms with Crippen LogP contribution in [-0.4, -0.2) is 47.9 Å². The van der Waals surface area contributed by atoms with Gasteiger partial charge in [-0.25, -0.2) is 4.98 Å². The van der Waals surface area contributed by atoms with Crippen LogP contribution in [0, 0.1) is 11.3 Å². The zero-order valence-corrected chi connectivity index (χ0v) is 23.3. The quantitative estimate of drug-likeness (QED) is 0.341. The molecule has 0 radical (unpaired) electrons. The molecule has 40 heavy (non-hydrogen) atoms. The molecular weight excluding hydrogens is 504 g/mol. The van der Waals surface area contributed by atoms with Gasteiger partial charge in [0.1, 0.15) is 0 Å². The number of carbonyl (C=O) groups is 1. The SMILES string of the molecule is COc1cc(-c2cccc(N(CC34CCC(c5nc(C6CC6)no5)(CC3)CC4)C(=O)C3CCOCC3)c2)ccn1. The molecule has 1 amide bonds. The van der Waals surface area contributed by atoms with Crippen molar-refractivity contribution in [3.05, 3.63) is 54.3 Å². The number of amides is 1. The first kappa shape index (κ1) is 25.7. The van der Waals surface area contributed by atoms with Gasteiger partial charge in [-0.3, -0.25) is 4.79 Å². The number of pyridine rings is 1. The van der Waals surface area contributed by atoms with E-state index in [0.29, 0.717) is 25.0 Å². The second-order valence-corrected chi connectivity index (χ2v) is 12.5. The topological polar surface area (TPSA) is 90.6 Å². The number of carbonyl (C=O) groups excluding carboxylic acids is 1. The van der Waals surface area contributed by atoms with Gasteiger partial charge in [0.15, 0.2) is 5.82 Å². The molecule has 8 rings (SSSR count).